The first-order valence-electron chi connectivity index (χ1n) is 2.77. The number of nitrogens with two attached hydrogens (primary N) is 3. The summed E-state index contributed by atoms with van der Waals surface area (Å²) in [4.78, 5) is 20.7. The lowest BCUT2D eigenvalue weighted by Gasteiger charge is -2.03. The van der Waals surface area contributed by atoms with Crippen LogP contribution in [0.2, 0.25) is 0 Å². The van der Waals surface area contributed by atoms with Gasteiger partial charge in [0, 0.05) is 6.92 Å². The zero-order valence-corrected chi connectivity index (χ0v) is 6.05. The van der Waals surface area contributed by atoms with E-state index in [-0.39, 0.29) is 11.5 Å². The van der Waals surface area contributed by atoms with Gasteiger partial charge in [-0.1, -0.05) is 0 Å². The highest BCUT2D eigenvalue weighted by Gasteiger charge is 2.05. The van der Waals surface area contributed by atoms with E-state index in [9.17, 15) is 9.59 Å². The minimum Gasteiger partial charge on any atom is -0.391 e. The number of carbonyl (C=O) groups excluding carboxylic acids is 2. The van der Waals surface area contributed by atoms with Gasteiger partial charge in [-0.05, 0) is 0 Å². The first-order chi connectivity index (χ1) is 4.95. The van der Waals surface area contributed by atoms with Crippen LogP contribution in [0.15, 0.2) is 11.5 Å². The van der Waals surface area contributed by atoms with Gasteiger partial charge < -0.3 is 22.5 Å². The summed E-state index contributed by atoms with van der Waals surface area (Å²) >= 11 is 0. The number of amides is 2. The fourth-order valence-corrected chi connectivity index (χ4v) is 0.390. The lowest BCUT2D eigenvalue weighted by Crippen LogP contribution is -2.33. The Bertz CT molecular complexity index is 221. The highest BCUT2D eigenvalue weighted by Crippen LogP contribution is 1.84. The van der Waals surface area contributed by atoms with Crippen molar-refractivity contribution in [2.75, 3.05) is 0 Å². The predicted octanol–water partition coefficient (Wildman–Crippen LogP) is -2.31. The molecule has 62 valence electrons. The van der Waals surface area contributed by atoms with E-state index in [4.69, 9.17) is 17.2 Å². The van der Waals surface area contributed by atoms with Gasteiger partial charge in [-0.3, -0.25) is 9.59 Å². The van der Waals surface area contributed by atoms with E-state index in [2.05, 4.69) is 5.32 Å². The van der Waals surface area contributed by atoms with Gasteiger partial charge in [0.25, 0.3) is 5.91 Å². The van der Waals surface area contributed by atoms with Crippen molar-refractivity contribution in [2.24, 2.45) is 17.2 Å². The summed E-state index contributed by atoms with van der Waals surface area (Å²) in [5.41, 5.74) is 14.6. The number of hydrogen-bond acceptors (Lipinski definition) is 4. The molecule has 6 heteroatoms. The quantitative estimate of drug-likeness (QED) is 0.337. The normalized spacial score (nSPS) is 11.7. The van der Waals surface area contributed by atoms with Crippen molar-refractivity contribution in [1.29, 1.82) is 0 Å². The second kappa shape index (κ2) is 3.45. The first-order valence-corrected chi connectivity index (χ1v) is 2.77. The maximum Gasteiger partial charge on any atom is 0.268 e. The monoisotopic (exact) mass is 158 g/mol. The standard InChI is InChI=1S/C5H10N4O2/c1-2(10)9-4(7)3(6)5(8)11/h6-7H2,1H3,(H2,8,11)(H,9,10)/b4-3+. The van der Waals surface area contributed by atoms with Gasteiger partial charge in [-0.25, -0.2) is 0 Å². The van der Waals surface area contributed by atoms with Crippen molar-refractivity contribution in [3.8, 4) is 0 Å². The average molecular weight is 158 g/mol. The molecule has 0 spiro atoms. The van der Waals surface area contributed by atoms with Crippen LogP contribution in [0.5, 0.6) is 0 Å². The molecule has 0 rings (SSSR count). The van der Waals surface area contributed by atoms with Crippen molar-refractivity contribution >= 4 is 11.8 Å². The van der Waals surface area contributed by atoms with Crippen LogP contribution in [0.4, 0.5) is 0 Å². The van der Waals surface area contributed by atoms with E-state index in [1.54, 1.807) is 0 Å². The second-order valence-electron chi connectivity index (χ2n) is 1.87. The third-order valence-electron chi connectivity index (χ3n) is 0.866. The van der Waals surface area contributed by atoms with Crippen LogP contribution in [0, 0.1) is 0 Å². The third kappa shape index (κ3) is 3.09. The van der Waals surface area contributed by atoms with E-state index >= 15 is 0 Å². The fraction of sp³-hybridized carbons (Fsp3) is 0.200. The Morgan fingerprint density at radius 2 is 1.64 bits per heavy atom. The Balaban J connectivity index is 4.40. The molecule has 0 atom stereocenters. The summed E-state index contributed by atoms with van der Waals surface area (Å²) in [5.74, 6) is -1.49. The summed E-state index contributed by atoms with van der Waals surface area (Å²) in [6, 6.07) is 0. The van der Waals surface area contributed by atoms with Gasteiger partial charge in [0.1, 0.15) is 11.5 Å². The lowest BCUT2D eigenvalue weighted by atomic mass is 10.4. The summed E-state index contributed by atoms with van der Waals surface area (Å²) in [5, 5.41) is 2.12. The Kier molecular flexibility index (Phi) is 2.91. The summed E-state index contributed by atoms with van der Waals surface area (Å²) in [6.07, 6.45) is 0. The van der Waals surface area contributed by atoms with Crippen LogP contribution < -0.4 is 22.5 Å². The molecule has 0 aliphatic heterocycles. The highest BCUT2D eigenvalue weighted by atomic mass is 16.2. The molecule has 7 N–H and O–H groups in total. The SMILES string of the molecule is CC(=O)N/C(N)=C(/N)C(N)=O. The molecular formula is C5H10N4O2. The van der Waals surface area contributed by atoms with E-state index in [1.807, 2.05) is 0 Å². The molecule has 0 saturated heterocycles. The van der Waals surface area contributed by atoms with Crippen LogP contribution in [-0.2, 0) is 9.59 Å². The zero-order valence-electron chi connectivity index (χ0n) is 6.05. The van der Waals surface area contributed by atoms with Gasteiger partial charge in [0.05, 0.1) is 0 Å². The van der Waals surface area contributed by atoms with Crippen LogP contribution in [0.25, 0.3) is 0 Å². The molecule has 0 aromatic rings. The van der Waals surface area contributed by atoms with Crippen molar-refractivity contribution in [2.45, 2.75) is 6.92 Å². The Morgan fingerprint density at radius 1 is 1.18 bits per heavy atom. The van der Waals surface area contributed by atoms with Crippen LogP contribution in [0.1, 0.15) is 6.92 Å². The molecule has 11 heavy (non-hydrogen) atoms. The third-order valence-corrected chi connectivity index (χ3v) is 0.866. The van der Waals surface area contributed by atoms with Crippen LogP contribution in [-0.4, -0.2) is 11.8 Å². The molecule has 0 radical (unpaired) electrons. The molecule has 0 bridgehead atoms. The van der Waals surface area contributed by atoms with Gasteiger partial charge in [0.2, 0.25) is 5.91 Å². The molecule has 0 aromatic carbocycles. The highest BCUT2D eigenvalue weighted by molar-refractivity contribution is 5.92. The number of nitrogens with one attached hydrogen (secondary N) is 1. The molecular weight excluding hydrogens is 148 g/mol. The maximum atomic E-state index is 10.3. The zero-order chi connectivity index (χ0) is 9.02. The molecule has 0 aromatic heterocycles. The molecule has 6 nitrogen and oxygen atoms in total. The van der Waals surface area contributed by atoms with Gasteiger partial charge in [-0.15, -0.1) is 0 Å². The molecule has 0 unspecified atom stereocenters. The van der Waals surface area contributed by atoms with E-state index in [0.717, 1.165) is 0 Å². The smallest absolute Gasteiger partial charge is 0.268 e. The fourth-order valence-electron chi connectivity index (χ4n) is 0.390. The Morgan fingerprint density at radius 3 is 1.91 bits per heavy atom. The second-order valence-corrected chi connectivity index (χ2v) is 1.87. The Labute approximate surface area is 63.4 Å². The minimum atomic E-state index is -0.865. The molecule has 0 heterocycles. The van der Waals surface area contributed by atoms with Gasteiger partial charge in [-0.2, -0.15) is 0 Å². The molecule has 0 saturated carbocycles. The van der Waals surface area contributed by atoms with E-state index in [1.165, 1.54) is 6.92 Å². The molecule has 0 fully saturated rings. The molecule has 0 aliphatic carbocycles. The van der Waals surface area contributed by atoms with E-state index < -0.39 is 11.8 Å². The number of primary amides is 1. The average Bonchev–Trinajstić information content (AvgIpc) is 1.84. The van der Waals surface area contributed by atoms with Crippen molar-refractivity contribution in [1.82, 2.24) is 5.32 Å². The first kappa shape index (κ1) is 9.28. The number of rotatable bonds is 2. The topological polar surface area (TPSA) is 124 Å². The maximum absolute atomic E-state index is 10.3. The summed E-state index contributed by atoms with van der Waals surface area (Å²) in [7, 11) is 0. The summed E-state index contributed by atoms with van der Waals surface area (Å²) < 4.78 is 0. The lowest BCUT2D eigenvalue weighted by molar-refractivity contribution is -0.118. The van der Waals surface area contributed by atoms with Crippen molar-refractivity contribution in [3.05, 3.63) is 11.5 Å². The predicted molar refractivity (Wildman–Crippen MR) is 38.4 cm³/mol. The van der Waals surface area contributed by atoms with Gasteiger partial charge in [0.15, 0.2) is 0 Å². The number of carbonyl (C=O) groups is 2. The molecule has 2 amide bonds. The Hall–Kier alpha value is -1.72. The minimum absolute atomic E-state index is 0.218. The van der Waals surface area contributed by atoms with Crippen LogP contribution >= 0.6 is 0 Å². The number of hydrogen-bond donors (Lipinski definition) is 4. The van der Waals surface area contributed by atoms with Gasteiger partial charge >= 0.3 is 0 Å². The van der Waals surface area contributed by atoms with Crippen molar-refractivity contribution in [3.63, 3.8) is 0 Å². The molecule has 0 aliphatic rings. The summed E-state index contributed by atoms with van der Waals surface area (Å²) in [6.45, 7) is 1.24. The van der Waals surface area contributed by atoms with E-state index in [0.29, 0.717) is 0 Å². The largest absolute Gasteiger partial charge is 0.391 e. The van der Waals surface area contributed by atoms with Crippen molar-refractivity contribution < 1.29 is 9.59 Å². The van der Waals surface area contributed by atoms with Crippen LogP contribution in [0.3, 0.4) is 0 Å².